The molecule has 0 aliphatic rings. The van der Waals surface area contributed by atoms with Gasteiger partial charge in [0.15, 0.2) is 0 Å². The average Bonchev–Trinajstić information content (AvgIpc) is 2.96. The number of hydrogen-bond donors (Lipinski definition) is 1. The molecule has 41 heavy (non-hydrogen) atoms. The highest BCUT2D eigenvalue weighted by molar-refractivity contribution is 5.69. The first-order valence-electron chi connectivity index (χ1n) is 16.8. The standard InChI is InChI=1S/C37H62O4/c1-3-5-6-7-8-9-10-11-12-13-14-15-16-17-18-22-25-28-31-34-37(40)41-35(4-2)32-29-26-23-20-19-21-24-27-30-33-36(38)39/h5-6,8-9,11-12,14-15,17-18,35H,3-4,7,10,13,16,19-34H2,1-2H3,(H,38,39)/b6-5-,9-8-,12-11-,15-14-,18-17-. The quantitative estimate of drug-likeness (QED) is 0.0552. The fourth-order valence-electron chi connectivity index (χ4n) is 4.55. The Labute approximate surface area is 253 Å². The third kappa shape index (κ3) is 32.0. The number of carboxylic acids is 1. The van der Waals surface area contributed by atoms with Crippen LogP contribution in [0.5, 0.6) is 0 Å². The van der Waals surface area contributed by atoms with Crippen LogP contribution in [0.25, 0.3) is 0 Å². The third-order valence-corrected chi connectivity index (χ3v) is 7.08. The highest BCUT2D eigenvalue weighted by Gasteiger charge is 2.12. The summed E-state index contributed by atoms with van der Waals surface area (Å²) in [6, 6.07) is 0. The molecule has 1 atom stereocenters. The fraction of sp³-hybridized carbons (Fsp3) is 0.676. The zero-order valence-electron chi connectivity index (χ0n) is 26.6. The van der Waals surface area contributed by atoms with Crippen LogP contribution in [-0.2, 0) is 14.3 Å². The molecule has 0 fully saturated rings. The number of rotatable bonds is 29. The minimum absolute atomic E-state index is 0.0328. The minimum Gasteiger partial charge on any atom is -0.481 e. The highest BCUT2D eigenvalue weighted by Crippen LogP contribution is 2.15. The van der Waals surface area contributed by atoms with Crippen LogP contribution in [0.3, 0.4) is 0 Å². The summed E-state index contributed by atoms with van der Waals surface area (Å²) in [5, 5.41) is 8.65. The first kappa shape index (κ1) is 38.6. The van der Waals surface area contributed by atoms with Crippen LogP contribution >= 0.6 is 0 Å². The smallest absolute Gasteiger partial charge is 0.306 e. The maximum atomic E-state index is 12.2. The summed E-state index contributed by atoms with van der Waals surface area (Å²) in [6.07, 6.45) is 44.5. The number of ether oxygens (including phenoxy) is 1. The lowest BCUT2D eigenvalue weighted by atomic mass is 10.0. The number of unbranched alkanes of at least 4 members (excludes halogenated alkanes) is 11. The normalized spacial score (nSPS) is 13.0. The van der Waals surface area contributed by atoms with E-state index >= 15 is 0 Å². The zero-order chi connectivity index (χ0) is 30.1. The predicted octanol–water partition coefficient (Wildman–Crippen LogP) is 11.4. The molecule has 1 unspecified atom stereocenters. The summed E-state index contributed by atoms with van der Waals surface area (Å²) in [6.45, 7) is 4.26. The lowest BCUT2D eigenvalue weighted by molar-refractivity contribution is -0.149. The highest BCUT2D eigenvalue weighted by atomic mass is 16.5. The molecular formula is C37H62O4. The first-order valence-corrected chi connectivity index (χ1v) is 16.8. The summed E-state index contributed by atoms with van der Waals surface area (Å²) < 4.78 is 5.72. The Morgan fingerprint density at radius 3 is 1.51 bits per heavy atom. The van der Waals surface area contributed by atoms with Crippen LogP contribution in [-0.4, -0.2) is 23.1 Å². The Bertz CT molecular complexity index is 744. The Hall–Kier alpha value is -2.36. The van der Waals surface area contributed by atoms with Gasteiger partial charge in [0.25, 0.3) is 0 Å². The number of carbonyl (C=O) groups is 2. The van der Waals surface area contributed by atoms with Crippen molar-refractivity contribution >= 4 is 11.9 Å². The molecular weight excluding hydrogens is 508 g/mol. The van der Waals surface area contributed by atoms with Crippen molar-refractivity contribution in [2.45, 2.75) is 161 Å². The van der Waals surface area contributed by atoms with E-state index in [9.17, 15) is 9.59 Å². The number of aliphatic carboxylic acids is 1. The third-order valence-electron chi connectivity index (χ3n) is 7.08. The molecule has 234 valence electrons. The van der Waals surface area contributed by atoms with E-state index in [0.29, 0.717) is 12.8 Å². The summed E-state index contributed by atoms with van der Waals surface area (Å²) in [7, 11) is 0. The van der Waals surface area contributed by atoms with Gasteiger partial charge in [-0.05, 0) is 77.0 Å². The van der Waals surface area contributed by atoms with E-state index < -0.39 is 5.97 Å². The second-order valence-corrected chi connectivity index (χ2v) is 10.9. The molecule has 0 amide bonds. The lowest BCUT2D eigenvalue weighted by Crippen LogP contribution is -2.17. The van der Waals surface area contributed by atoms with Crippen LogP contribution in [0.15, 0.2) is 60.8 Å². The largest absolute Gasteiger partial charge is 0.481 e. The van der Waals surface area contributed by atoms with Crippen LogP contribution in [0.4, 0.5) is 0 Å². The monoisotopic (exact) mass is 570 g/mol. The summed E-state index contributed by atoms with van der Waals surface area (Å²) in [5.41, 5.74) is 0. The molecule has 0 aliphatic heterocycles. The van der Waals surface area contributed by atoms with Gasteiger partial charge in [0.05, 0.1) is 0 Å². The number of carboxylic acid groups (broad SMARTS) is 1. The molecule has 0 spiro atoms. The molecule has 0 aromatic rings. The Kier molecular flexibility index (Phi) is 30.3. The van der Waals surface area contributed by atoms with Crippen molar-refractivity contribution in [3.8, 4) is 0 Å². The summed E-state index contributed by atoms with van der Waals surface area (Å²) >= 11 is 0. The maximum absolute atomic E-state index is 12.2. The van der Waals surface area contributed by atoms with Crippen LogP contribution < -0.4 is 0 Å². The molecule has 0 radical (unpaired) electrons. The molecule has 1 N–H and O–H groups in total. The van der Waals surface area contributed by atoms with E-state index in [1.54, 1.807) is 0 Å². The molecule has 0 saturated carbocycles. The van der Waals surface area contributed by atoms with Gasteiger partial charge in [0.1, 0.15) is 6.10 Å². The topological polar surface area (TPSA) is 63.6 Å². The van der Waals surface area contributed by atoms with Crippen LogP contribution in [0.2, 0.25) is 0 Å². The zero-order valence-corrected chi connectivity index (χ0v) is 26.6. The van der Waals surface area contributed by atoms with Gasteiger partial charge >= 0.3 is 11.9 Å². The van der Waals surface area contributed by atoms with Crippen molar-refractivity contribution in [1.82, 2.24) is 0 Å². The minimum atomic E-state index is -0.686. The van der Waals surface area contributed by atoms with E-state index in [1.165, 1.54) is 32.1 Å². The van der Waals surface area contributed by atoms with E-state index in [-0.39, 0.29) is 12.1 Å². The second kappa shape index (κ2) is 32.2. The van der Waals surface area contributed by atoms with Gasteiger partial charge in [0, 0.05) is 12.8 Å². The molecule has 0 aliphatic carbocycles. The number of carbonyl (C=O) groups excluding carboxylic acids is 1. The lowest BCUT2D eigenvalue weighted by Gasteiger charge is -2.16. The van der Waals surface area contributed by atoms with Gasteiger partial charge in [-0.3, -0.25) is 9.59 Å². The average molecular weight is 571 g/mol. The van der Waals surface area contributed by atoms with E-state index in [0.717, 1.165) is 96.3 Å². The molecule has 4 heteroatoms. The molecule has 0 heterocycles. The van der Waals surface area contributed by atoms with E-state index in [2.05, 4.69) is 74.6 Å². The van der Waals surface area contributed by atoms with Crippen molar-refractivity contribution in [3.63, 3.8) is 0 Å². The van der Waals surface area contributed by atoms with Gasteiger partial charge in [-0.2, -0.15) is 0 Å². The van der Waals surface area contributed by atoms with E-state index in [4.69, 9.17) is 9.84 Å². The van der Waals surface area contributed by atoms with Gasteiger partial charge in [-0.25, -0.2) is 0 Å². The van der Waals surface area contributed by atoms with Gasteiger partial charge < -0.3 is 9.84 Å². The summed E-state index contributed by atoms with van der Waals surface area (Å²) in [5.74, 6) is -0.719. The Balaban J connectivity index is 3.60. The van der Waals surface area contributed by atoms with Gasteiger partial charge in [0.2, 0.25) is 0 Å². The summed E-state index contributed by atoms with van der Waals surface area (Å²) in [4.78, 5) is 22.7. The van der Waals surface area contributed by atoms with Gasteiger partial charge in [-0.15, -0.1) is 0 Å². The SMILES string of the molecule is CC/C=C\C/C=C\C/C=C\C/C=C\C/C=C\CCCCCC(=O)OC(CC)CCCCCCCCCCCC(=O)O. The molecule has 0 aromatic carbocycles. The van der Waals surface area contributed by atoms with Crippen LogP contribution in [0.1, 0.15) is 155 Å². The number of hydrogen-bond acceptors (Lipinski definition) is 3. The Morgan fingerprint density at radius 2 is 1.00 bits per heavy atom. The van der Waals surface area contributed by atoms with Crippen molar-refractivity contribution < 1.29 is 19.4 Å². The van der Waals surface area contributed by atoms with Crippen LogP contribution in [0, 0.1) is 0 Å². The molecule has 0 aromatic heterocycles. The van der Waals surface area contributed by atoms with E-state index in [1.807, 2.05) is 0 Å². The van der Waals surface area contributed by atoms with Gasteiger partial charge in [-0.1, -0.05) is 126 Å². The van der Waals surface area contributed by atoms with Crippen molar-refractivity contribution in [1.29, 1.82) is 0 Å². The number of esters is 1. The molecule has 0 bridgehead atoms. The Morgan fingerprint density at radius 1 is 0.561 bits per heavy atom. The van der Waals surface area contributed by atoms with Crippen molar-refractivity contribution in [2.75, 3.05) is 0 Å². The van der Waals surface area contributed by atoms with Crippen molar-refractivity contribution in [3.05, 3.63) is 60.8 Å². The molecule has 0 rings (SSSR count). The van der Waals surface area contributed by atoms with Crippen molar-refractivity contribution in [2.24, 2.45) is 0 Å². The fourth-order valence-corrected chi connectivity index (χ4v) is 4.55. The predicted molar refractivity (Wildman–Crippen MR) is 176 cm³/mol. The number of allylic oxidation sites excluding steroid dienone is 10. The molecule has 0 saturated heterocycles. The molecule has 4 nitrogen and oxygen atoms in total. The first-order chi connectivity index (χ1) is 20.1. The second-order valence-electron chi connectivity index (χ2n) is 10.9. The maximum Gasteiger partial charge on any atom is 0.306 e.